The monoisotopic (exact) mass is 268 g/mol. The maximum atomic E-state index is 9.31. The molecule has 5 heteroatoms. The number of anilines is 2. The van der Waals surface area contributed by atoms with Gasteiger partial charge in [0.05, 0.1) is 19.3 Å². The van der Waals surface area contributed by atoms with Gasteiger partial charge in [-0.3, -0.25) is 0 Å². The molecule has 1 aromatic rings. The number of aryl methyl sites for hydroxylation is 1. The van der Waals surface area contributed by atoms with Gasteiger partial charge in [-0.1, -0.05) is 0 Å². The van der Waals surface area contributed by atoms with E-state index in [4.69, 9.17) is 10.2 Å². The zero-order valence-electron chi connectivity index (χ0n) is 11.6. The Morgan fingerprint density at radius 3 is 2.58 bits per heavy atom. The Balaban J connectivity index is 2.73. The van der Waals surface area contributed by atoms with E-state index in [1.807, 2.05) is 25.1 Å². The van der Waals surface area contributed by atoms with Gasteiger partial charge >= 0.3 is 0 Å². The summed E-state index contributed by atoms with van der Waals surface area (Å²) < 4.78 is 0. The van der Waals surface area contributed by atoms with Crippen molar-refractivity contribution in [2.75, 3.05) is 43.1 Å². The van der Waals surface area contributed by atoms with E-state index in [1.165, 1.54) is 0 Å². The Morgan fingerprint density at radius 2 is 2.05 bits per heavy atom. The summed E-state index contributed by atoms with van der Waals surface area (Å²) in [5, 5.41) is 30.2. The Labute approximate surface area is 114 Å². The molecule has 1 atom stereocenters. The van der Waals surface area contributed by atoms with Gasteiger partial charge in [0.2, 0.25) is 0 Å². The van der Waals surface area contributed by atoms with Crippen LogP contribution < -0.4 is 10.2 Å². The average Bonchev–Trinajstić information content (AvgIpc) is 2.43. The van der Waals surface area contributed by atoms with Gasteiger partial charge in [0.15, 0.2) is 0 Å². The molecular formula is C14H24N2O3. The molecule has 5 nitrogen and oxygen atoms in total. The van der Waals surface area contributed by atoms with Gasteiger partial charge in [-0.15, -0.1) is 0 Å². The minimum Gasteiger partial charge on any atom is -0.395 e. The quantitative estimate of drug-likeness (QED) is 0.555. The summed E-state index contributed by atoms with van der Waals surface area (Å²) in [7, 11) is 0. The molecule has 1 rings (SSSR count). The summed E-state index contributed by atoms with van der Waals surface area (Å²) in [6.07, 6.45) is -0.749. The maximum absolute atomic E-state index is 9.31. The number of nitrogens with zero attached hydrogens (tertiary/aromatic N) is 1. The van der Waals surface area contributed by atoms with Crippen LogP contribution in [0.15, 0.2) is 18.2 Å². The average molecular weight is 268 g/mol. The standard InChI is InChI=1S/C14H24N2O3/c1-3-16(6-7-17)12-4-5-14(11(2)8-12)15-9-13(19)10-18/h4-5,8,13,15,17-19H,3,6-7,9-10H2,1-2H3. The molecule has 108 valence electrons. The summed E-state index contributed by atoms with van der Waals surface area (Å²) in [6, 6.07) is 5.99. The number of rotatable bonds is 8. The van der Waals surface area contributed by atoms with E-state index in [1.54, 1.807) is 0 Å². The minimum absolute atomic E-state index is 0.135. The van der Waals surface area contributed by atoms with Crippen molar-refractivity contribution in [3.05, 3.63) is 23.8 Å². The van der Waals surface area contributed by atoms with Crippen LogP contribution >= 0.6 is 0 Å². The van der Waals surface area contributed by atoms with E-state index >= 15 is 0 Å². The molecular weight excluding hydrogens is 244 g/mol. The van der Waals surface area contributed by atoms with Crippen molar-refractivity contribution < 1.29 is 15.3 Å². The Morgan fingerprint density at radius 1 is 1.32 bits per heavy atom. The molecule has 1 unspecified atom stereocenters. The number of hydrogen-bond donors (Lipinski definition) is 4. The third kappa shape index (κ3) is 4.70. The predicted octanol–water partition coefficient (Wildman–Crippen LogP) is 0.579. The molecule has 0 amide bonds. The van der Waals surface area contributed by atoms with Crippen LogP contribution in [0.4, 0.5) is 11.4 Å². The molecule has 0 aliphatic carbocycles. The van der Waals surface area contributed by atoms with Crippen LogP contribution in [0, 0.1) is 6.92 Å². The van der Waals surface area contributed by atoms with Gasteiger partial charge in [-0.05, 0) is 37.6 Å². The van der Waals surface area contributed by atoms with E-state index in [-0.39, 0.29) is 13.2 Å². The normalized spacial score (nSPS) is 12.3. The van der Waals surface area contributed by atoms with E-state index in [2.05, 4.69) is 17.1 Å². The fourth-order valence-electron chi connectivity index (χ4n) is 1.93. The fourth-order valence-corrected chi connectivity index (χ4v) is 1.93. The first kappa shape index (κ1) is 15.8. The summed E-state index contributed by atoms with van der Waals surface area (Å²) >= 11 is 0. The van der Waals surface area contributed by atoms with Crippen LogP contribution in [0.3, 0.4) is 0 Å². The molecule has 0 radical (unpaired) electrons. The van der Waals surface area contributed by atoms with Gasteiger partial charge in [0.1, 0.15) is 0 Å². The second-order valence-electron chi connectivity index (χ2n) is 4.52. The van der Waals surface area contributed by atoms with Crippen molar-refractivity contribution in [3.63, 3.8) is 0 Å². The molecule has 1 aromatic carbocycles. The SMILES string of the molecule is CCN(CCO)c1ccc(NCC(O)CO)c(C)c1. The second kappa shape index (κ2) is 7.99. The second-order valence-corrected chi connectivity index (χ2v) is 4.52. The highest BCUT2D eigenvalue weighted by atomic mass is 16.3. The zero-order chi connectivity index (χ0) is 14.3. The number of aliphatic hydroxyl groups is 3. The number of nitrogens with one attached hydrogen (secondary N) is 1. The lowest BCUT2D eigenvalue weighted by atomic mass is 10.1. The van der Waals surface area contributed by atoms with Gasteiger partial charge < -0.3 is 25.5 Å². The first-order valence-electron chi connectivity index (χ1n) is 6.61. The summed E-state index contributed by atoms with van der Waals surface area (Å²) in [5.41, 5.74) is 3.08. The first-order valence-corrected chi connectivity index (χ1v) is 6.61. The molecule has 0 aliphatic heterocycles. The molecule has 0 aliphatic rings. The van der Waals surface area contributed by atoms with Gasteiger partial charge in [0.25, 0.3) is 0 Å². The highest BCUT2D eigenvalue weighted by Gasteiger charge is 2.07. The van der Waals surface area contributed by atoms with E-state index in [9.17, 15) is 5.11 Å². The van der Waals surface area contributed by atoms with Crippen molar-refractivity contribution in [2.24, 2.45) is 0 Å². The zero-order valence-corrected chi connectivity index (χ0v) is 11.6. The molecule has 0 spiro atoms. The maximum Gasteiger partial charge on any atom is 0.0942 e. The lowest BCUT2D eigenvalue weighted by Crippen LogP contribution is -2.26. The molecule has 0 aromatic heterocycles. The van der Waals surface area contributed by atoms with Crippen molar-refractivity contribution in [1.82, 2.24) is 0 Å². The molecule has 0 fully saturated rings. The predicted molar refractivity (Wildman–Crippen MR) is 77.7 cm³/mol. The van der Waals surface area contributed by atoms with Crippen LogP contribution in [0.2, 0.25) is 0 Å². The third-order valence-electron chi connectivity index (χ3n) is 3.07. The van der Waals surface area contributed by atoms with Crippen molar-refractivity contribution in [2.45, 2.75) is 20.0 Å². The Kier molecular flexibility index (Phi) is 6.62. The molecule has 0 heterocycles. The summed E-state index contributed by atoms with van der Waals surface area (Å²) in [4.78, 5) is 2.10. The molecule has 0 saturated heterocycles. The van der Waals surface area contributed by atoms with Crippen molar-refractivity contribution >= 4 is 11.4 Å². The molecule has 0 bridgehead atoms. The molecule has 4 N–H and O–H groups in total. The number of hydrogen-bond acceptors (Lipinski definition) is 5. The van der Waals surface area contributed by atoms with Crippen LogP contribution in [0.25, 0.3) is 0 Å². The van der Waals surface area contributed by atoms with E-state index < -0.39 is 6.10 Å². The number of likely N-dealkylation sites (N-methyl/N-ethyl adjacent to an activating group) is 1. The number of benzene rings is 1. The fraction of sp³-hybridized carbons (Fsp3) is 0.571. The van der Waals surface area contributed by atoms with E-state index in [0.29, 0.717) is 13.1 Å². The molecule has 19 heavy (non-hydrogen) atoms. The Hall–Kier alpha value is -1.30. The van der Waals surface area contributed by atoms with E-state index in [0.717, 1.165) is 23.5 Å². The van der Waals surface area contributed by atoms with Crippen LogP contribution in [-0.2, 0) is 0 Å². The van der Waals surface area contributed by atoms with Crippen LogP contribution in [0.1, 0.15) is 12.5 Å². The lowest BCUT2D eigenvalue weighted by Gasteiger charge is -2.23. The van der Waals surface area contributed by atoms with Gasteiger partial charge in [-0.25, -0.2) is 0 Å². The lowest BCUT2D eigenvalue weighted by molar-refractivity contribution is 0.105. The van der Waals surface area contributed by atoms with Crippen LogP contribution in [-0.4, -0.2) is 54.3 Å². The number of aliphatic hydroxyl groups excluding tert-OH is 3. The Bertz CT molecular complexity index is 385. The topological polar surface area (TPSA) is 76.0 Å². The first-order chi connectivity index (χ1) is 9.12. The summed E-state index contributed by atoms with van der Waals surface area (Å²) in [6.45, 7) is 5.71. The minimum atomic E-state index is -0.749. The van der Waals surface area contributed by atoms with Gasteiger partial charge in [0, 0.05) is 31.0 Å². The third-order valence-corrected chi connectivity index (χ3v) is 3.07. The van der Waals surface area contributed by atoms with Crippen molar-refractivity contribution in [3.8, 4) is 0 Å². The largest absolute Gasteiger partial charge is 0.395 e. The highest BCUT2D eigenvalue weighted by molar-refractivity contribution is 5.60. The highest BCUT2D eigenvalue weighted by Crippen LogP contribution is 2.22. The smallest absolute Gasteiger partial charge is 0.0942 e. The summed E-state index contributed by atoms with van der Waals surface area (Å²) in [5.74, 6) is 0. The molecule has 0 saturated carbocycles. The van der Waals surface area contributed by atoms with Crippen molar-refractivity contribution in [1.29, 1.82) is 0 Å². The van der Waals surface area contributed by atoms with Gasteiger partial charge in [-0.2, -0.15) is 0 Å². The van der Waals surface area contributed by atoms with Crippen LogP contribution in [0.5, 0.6) is 0 Å².